The largest absolute Gasteiger partial charge is 0.481 e. The van der Waals surface area contributed by atoms with E-state index in [2.05, 4.69) is 0 Å². The number of hydrogen-bond acceptors (Lipinski definition) is 5. The Hall–Kier alpha value is -0.820. The van der Waals surface area contributed by atoms with E-state index in [4.69, 9.17) is 14.9 Å². The summed E-state index contributed by atoms with van der Waals surface area (Å²) in [7, 11) is 0. The number of alkyl halides is 1. The Morgan fingerprint density at radius 2 is 1.64 bits per heavy atom. The van der Waals surface area contributed by atoms with E-state index in [1.54, 1.807) is 41.5 Å². The van der Waals surface area contributed by atoms with E-state index in [0.29, 0.717) is 0 Å². The fourth-order valence-electron chi connectivity index (χ4n) is 1.20. The van der Waals surface area contributed by atoms with Crippen molar-refractivity contribution in [3.8, 4) is 0 Å². The summed E-state index contributed by atoms with van der Waals surface area (Å²) in [5.41, 5.74) is -2.08. The summed E-state index contributed by atoms with van der Waals surface area (Å²) in [5, 5.41) is 17.3. The number of thioether (sulfide) groups is 1. The van der Waals surface area contributed by atoms with Crippen molar-refractivity contribution in [1.29, 1.82) is 0 Å². The molecule has 0 aromatic carbocycles. The number of aliphatic carboxylic acids is 1. The lowest BCUT2D eigenvalue weighted by molar-refractivity contribution is -0.153. The third-order valence-electron chi connectivity index (χ3n) is 2.78. The maximum absolute atomic E-state index is 12.9. The van der Waals surface area contributed by atoms with Crippen LogP contribution in [-0.4, -0.2) is 45.6 Å². The molecule has 0 aromatic rings. The third kappa shape index (κ3) is 7.98. The van der Waals surface area contributed by atoms with Crippen LogP contribution in [0.2, 0.25) is 0 Å². The van der Waals surface area contributed by atoms with E-state index in [0.717, 1.165) is 11.8 Å². The molecule has 0 spiro atoms. The molecule has 0 aromatic heterocycles. The quantitative estimate of drug-likeness (QED) is 0.753. The van der Waals surface area contributed by atoms with Crippen LogP contribution in [-0.2, 0) is 14.3 Å². The fraction of sp³-hybridized carbons (Fsp3) is 0.867. The maximum Gasteiger partial charge on any atom is 0.311 e. The van der Waals surface area contributed by atoms with E-state index >= 15 is 0 Å². The molecular formula is C15H27FO5S. The van der Waals surface area contributed by atoms with Gasteiger partial charge in [-0.05, 0) is 48.0 Å². The Morgan fingerprint density at radius 1 is 1.18 bits per heavy atom. The molecule has 2 N–H and O–H groups in total. The predicted molar refractivity (Wildman–Crippen MR) is 84.4 cm³/mol. The molecule has 22 heavy (non-hydrogen) atoms. The molecule has 5 nitrogen and oxygen atoms in total. The molecule has 0 radical (unpaired) electrons. The van der Waals surface area contributed by atoms with Gasteiger partial charge in [0.05, 0.1) is 10.8 Å². The number of aliphatic hydroxyl groups excluding tert-OH is 1. The van der Waals surface area contributed by atoms with E-state index in [9.17, 15) is 14.0 Å². The van der Waals surface area contributed by atoms with Crippen LogP contribution in [0.5, 0.6) is 0 Å². The van der Waals surface area contributed by atoms with Gasteiger partial charge >= 0.3 is 11.9 Å². The summed E-state index contributed by atoms with van der Waals surface area (Å²) in [5.74, 6) is -1.05. The van der Waals surface area contributed by atoms with Crippen molar-refractivity contribution in [3.63, 3.8) is 0 Å². The Labute approximate surface area is 135 Å². The standard InChI is InChI=1S/C10H17FO3S.C5H10O2/c1-10(2,3)9(13)14-5-6-4-7(11)8(12)15-6;1-5(2,3)4(6)7/h6-8,12H,4-5H2,1-3H3;1-3H3,(H,6,7)/t6?,7-,8?;/m0./s1. The van der Waals surface area contributed by atoms with Crippen LogP contribution in [0.15, 0.2) is 0 Å². The Bertz CT molecular complexity index is 376. The number of carbonyl (C=O) groups excluding carboxylic acids is 1. The van der Waals surface area contributed by atoms with Crippen molar-refractivity contribution in [3.05, 3.63) is 0 Å². The summed E-state index contributed by atoms with van der Waals surface area (Å²) in [6.45, 7) is 10.5. The zero-order chi connectivity index (χ0) is 17.7. The summed E-state index contributed by atoms with van der Waals surface area (Å²) in [6, 6.07) is 0. The predicted octanol–water partition coefficient (Wildman–Crippen LogP) is 2.85. The van der Waals surface area contributed by atoms with Gasteiger partial charge in [0.25, 0.3) is 0 Å². The first-order valence-corrected chi connectivity index (χ1v) is 8.07. The average molecular weight is 338 g/mol. The van der Waals surface area contributed by atoms with E-state index in [1.165, 1.54) is 0 Å². The highest BCUT2D eigenvalue weighted by atomic mass is 32.2. The molecule has 7 heteroatoms. The molecule has 1 aliphatic heterocycles. The lowest BCUT2D eigenvalue weighted by atomic mass is 9.97. The van der Waals surface area contributed by atoms with Gasteiger partial charge in [-0.3, -0.25) is 9.59 Å². The van der Waals surface area contributed by atoms with Crippen LogP contribution in [0.3, 0.4) is 0 Å². The van der Waals surface area contributed by atoms with Gasteiger partial charge in [-0.1, -0.05) is 0 Å². The molecule has 0 bridgehead atoms. The van der Waals surface area contributed by atoms with Crippen molar-refractivity contribution >= 4 is 23.7 Å². The van der Waals surface area contributed by atoms with Crippen molar-refractivity contribution in [2.45, 2.75) is 64.8 Å². The minimum absolute atomic E-state index is 0.124. The summed E-state index contributed by atoms with van der Waals surface area (Å²) < 4.78 is 18.0. The van der Waals surface area contributed by atoms with Gasteiger partial charge in [0, 0.05) is 5.25 Å². The summed E-state index contributed by atoms with van der Waals surface area (Å²) in [6.07, 6.45) is -0.947. The van der Waals surface area contributed by atoms with Crippen LogP contribution in [0, 0.1) is 10.8 Å². The number of carboxylic acid groups (broad SMARTS) is 1. The number of halogens is 1. The molecule has 0 saturated carbocycles. The molecule has 130 valence electrons. The number of esters is 1. The molecule has 1 aliphatic rings. The van der Waals surface area contributed by atoms with E-state index in [-0.39, 0.29) is 24.2 Å². The number of carbonyl (C=O) groups is 2. The smallest absolute Gasteiger partial charge is 0.311 e. The number of ether oxygens (including phenoxy) is 1. The molecule has 1 saturated heterocycles. The molecule has 0 amide bonds. The van der Waals surface area contributed by atoms with Crippen molar-refractivity contribution in [1.82, 2.24) is 0 Å². The van der Waals surface area contributed by atoms with Crippen LogP contribution in [0.1, 0.15) is 48.0 Å². The Morgan fingerprint density at radius 3 is 1.91 bits per heavy atom. The average Bonchev–Trinajstić information content (AvgIpc) is 2.64. The molecular weight excluding hydrogens is 311 g/mol. The second-order valence-corrected chi connectivity index (χ2v) is 8.73. The van der Waals surface area contributed by atoms with Gasteiger partial charge in [0.2, 0.25) is 0 Å². The van der Waals surface area contributed by atoms with E-state index in [1.807, 2.05) is 0 Å². The zero-order valence-corrected chi connectivity index (χ0v) is 14.9. The van der Waals surface area contributed by atoms with Gasteiger partial charge in [-0.25, -0.2) is 4.39 Å². The van der Waals surface area contributed by atoms with Crippen LogP contribution >= 0.6 is 11.8 Å². The number of carboxylic acids is 1. The zero-order valence-electron chi connectivity index (χ0n) is 14.1. The summed E-state index contributed by atoms with van der Waals surface area (Å²) >= 11 is 1.13. The first kappa shape index (κ1) is 21.2. The molecule has 1 heterocycles. The minimum Gasteiger partial charge on any atom is -0.481 e. The number of rotatable bonds is 2. The molecule has 0 aliphatic carbocycles. The molecule has 2 unspecified atom stereocenters. The monoisotopic (exact) mass is 338 g/mol. The molecule has 1 rings (SSSR count). The van der Waals surface area contributed by atoms with Gasteiger partial charge in [0.1, 0.15) is 18.2 Å². The van der Waals surface area contributed by atoms with Crippen LogP contribution < -0.4 is 0 Å². The highest BCUT2D eigenvalue weighted by Gasteiger charge is 2.35. The fourth-order valence-corrected chi connectivity index (χ4v) is 2.32. The van der Waals surface area contributed by atoms with Gasteiger partial charge in [0.15, 0.2) is 0 Å². The third-order valence-corrected chi connectivity index (χ3v) is 4.07. The van der Waals surface area contributed by atoms with E-state index < -0.39 is 28.4 Å². The highest BCUT2D eigenvalue weighted by molar-refractivity contribution is 8.00. The van der Waals surface area contributed by atoms with Gasteiger partial charge in [-0.15, -0.1) is 11.8 Å². The second-order valence-electron chi connectivity index (χ2n) is 7.30. The maximum atomic E-state index is 12.9. The Balaban J connectivity index is 0.000000534. The Kier molecular flexibility index (Phi) is 7.85. The topological polar surface area (TPSA) is 83.8 Å². The first-order chi connectivity index (χ1) is 9.75. The van der Waals surface area contributed by atoms with Gasteiger partial charge < -0.3 is 14.9 Å². The normalized spacial score (nSPS) is 25.2. The SMILES string of the molecule is CC(C)(C)C(=O)O.CC(C)(C)C(=O)OCC1C[C@H](F)C(O)S1. The lowest BCUT2D eigenvalue weighted by Gasteiger charge is -2.18. The second kappa shape index (κ2) is 8.15. The molecule has 1 fully saturated rings. The lowest BCUT2D eigenvalue weighted by Crippen LogP contribution is -2.25. The van der Waals surface area contributed by atoms with Crippen molar-refractivity contribution < 1.29 is 28.9 Å². The number of hydrogen-bond donors (Lipinski definition) is 2. The first-order valence-electron chi connectivity index (χ1n) is 7.13. The minimum atomic E-state index is -1.20. The molecule has 3 atom stereocenters. The van der Waals surface area contributed by atoms with Gasteiger partial charge in [-0.2, -0.15) is 0 Å². The summed E-state index contributed by atoms with van der Waals surface area (Å²) in [4.78, 5) is 21.4. The van der Waals surface area contributed by atoms with Crippen LogP contribution in [0.4, 0.5) is 4.39 Å². The highest BCUT2D eigenvalue weighted by Crippen LogP contribution is 2.34. The van der Waals surface area contributed by atoms with Crippen LogP contribution in [0.25, 0.3) is 0 Å². The van der Waals surface area contributed by atoms with Crippen molar-refractivity contribution in [2.24, 2.45) is 10.8 Å². The van der Waals surface area contributed by atoms with Crippen molar-refractivity contribution in [2.75, 3.05) is 6.61 Å². The number of aliphatic hydroxyl groups is 1.